The lowest BCUT2D eigenvalue weighted by Crippen LogP contribution is -1.96. The lowest BCUT2D eigenvalue weighted by atomic mass is 10.1. The number of aryl methyl sites for hydroxylation is 1. The second kappa shape index (κ2) is 5.02. The predicted octanol–water partition coefficient (Wildman–Crippen LogP) is 4.61. The lowest BCUT2D eigenvalue weighted by Gasteiger charge is -2.02. The molecule has 0 aliphatic carbocycles. The highest BCUT2D eigenvalue weighted by Crippen LogP contribution is 2.25. The number of halogens is 1. The Balaban J connectivity index is 2.04. The van der Waals surface area contributed by atoms with Gasteiger partial charge in [-0.2, -0.15) is 5.10 Å². The highest BCUT2D eigenvalue weighted by atomic mass is 79.9. The molecule has 3 heteroatoms. The van der Waals surface area contributed by atoms with Crippen LogP contribution in [0.25, 0.3) is 16.9 Å². The SMILES string of the molecule is Cc1ccc(-c2cc(Br)n(-c3ccccc3)n2)cc1. The van der Waals surface area contributed by atoms with Gasteiger partial charge >= 0.3 is 0 Å². The molecule has 2 nitrogen and oxygen atoms in total. The van der Waals surface area contributed by atoms with Gasteiger partial charge < -0.3 is 0 Å². The van der Waals surface area contributed by atoms with Crippen molar-refractivity contribution in [3.8, 4) is 16.9 Å². The van der Waals surface area contributed by atoms with Gasteiger partial charge in [0.05, 0.1) is 11.4 Å². The van der Waals surface area contributed by atoms with Gasteiger partial charge in [0, 0.05) is 5.56 Å². The smallest absolute Gasteiger partial charge is 0.110 e. The number of rotatable bonds is 2. The molecule has 0 N–H and O–H groups in total. The highest BCUT2D eigenvalue weighted by molar-refractivity contribution is 9.10. The Bertz CT molecular complexity index is 685. The maximum absolute atomic E-state index is 4.65. The first-order chi connectivity index (χ1) is 9.24. The van der Waals surface area contributed by atoms with E-state index in [1.54, 1.807) is 0 Å². The Labute approximate surface area is 120 Å². The molecule has 0 aliphatic heterocycles. The van der Waals surface area contributed by atoms with E-state index in [1.807, 2.05) is 41.1 Å². The van der Waals surface area contributed by atoms with Crippen molar-refractivity contribution in [2.75, 3.05) is 0 Å². The van der Waals surface area contributed by atoms with Crippen LogP contribution in [-0.2, 0) is 0 Å². The molecule has 0 unspecified atom stereocenters. The van der Waals surface area contributed by atoms with E-state index in [-0.39, 0.29) is 0 Å². The largest absolute Gasteiger partial charge is 0.226 e. The van der Waals surface area contributed by atoms with E-state index < -0.39 is 0 Å². The van der Waals surface area contributed by atoms with Crippen molar-refractivity contribution in [3.63, 3.8) is 0 Å². The summed E-state index contributed by atoms with van der Waals surface area (Å²) in [6.07, 6.45) is 0. The minimum atomic E-state index is 0.953. The second-order valence-corrected chi connectivity index (χ2v) is 5.28. The Morgan fingerprint density at radius 3 is 2.32 bits per heavy atom. The van der Waals surface area contributed by atoms with Crippen LogP contribution in [0.5, 0.6) is 0 Å². The highest BCUT2D eigenvalue weighted by Gasteiger charge is 2.08. The maximum atomic E-state index is 4.65. The standard InChI is InChI=1S/C16H13BrN2/c1-12-7-9-13(10-8-12)15-11-16(17)19(18-15)14-5-3-2-4-6-14/h2-11H,1H3. The Morgan fingerprint density at radius 1 is 0.947 bits per heavy atom. The summed E-state index contributed by atoms with van der Waals surface area (Å²) in [5.41, 5.74) is 4.40. The monoisotopic (exact) mass is 312 g/mol. The van der Waals surface area contributed by atoms with Crippen molar-refractivity contribution in [1.82, 2.24) is 9.78 Å². The third kappa shape index (κ3) is 2.47. The van der Waals surface area contributed by atoms with Gasteiger partial charge in [-0.1, -0.05) is 48.0 Å². The first-order valence-electron chi connectivity index (χ1n) is 6.12. The zero-order chi connectivity index (χ0) is 13.2. The molecule has 0 bridgehead atoms. The van der Waals surface area contributed by atoms with E-state index >= 15 is 0 Å². The Kier molecular flexibility index (Phi) is 3.22. The third-order valence-corrected chi connectivity index (χ3v) is 3.58. The van der Waals surface area contributed by atoms with E-state index in [9.17, 15) is 0 Å². The van der Waals surface area contributed by atoms with Gasteiger partial charge in [-0.05, 0) is 41.1 Å². The van der Waals surface area contributed by atoms with Crippen LogP contribution in [0, 0.1) is 6.92 Å². The normalized spacial score (nSPS) is 10.6. The van der Waals surface area contributed by atoms with Gasteiger partial charge in [0.15, 0.2) is 0 Å². The summed E-state index contributed by atoms with van der Waals surface area (Å²) in [5.74, 6) is 0. The quantitative estimate of drug-likeness (QED) is 0.675. The van der Waals surface area contributed by atoms with Crippen LogP contribution < -0.4 is 0 Å². The fourth-order valence-corrected chi connectivity index (χ4v) is 2.47. The summed E-state index contributed by atoms with van der Waals surface area (Å²) in [6, 6.07) is 20.5. The number of nitrogens with zero attached hydrogens (tertiary/aromatic N) is 2. The first-order valence-corrected chi connectivity index (χ1v) is 6.91. The molecule has 94 valence electrons. The van der Waals surface area contributed by atoms with Gasteiger partial charge in [0.2, 0.25) is 0 Å². The molecule has 3 rings (SSSR count). The molecule has 0 atom stereocenters. The number of aromatic nitrogens is 2. The number of hydrogen-bond donors (Lipinski definition) is 0. The van der Waals surface area contributed by atoms with Crippen LogP contribution in [0.2, 0.25) is 0 Å². The molecule has 1 heterocycles. The zero-order valence-corrected chi connectivity index (χ0v) is 12.1. The number of hydrogen-bond acceptors (Lipinski definition) is 1. The summed E-state index contributed by atoms with van der Waals surface area (Å²) < 4.78 is 2.85. The van der Waals surface area contributed by atoms with Gasteiger partial charge in [-0.15, -0.1) is 0 Å². The van der Waals surface area contributed by atoms with Crippen molar-refractivity contribution in [1.29, 1.82) is 0 Å². The minimum Gasteiger partial charge on any atom is -0.226 e. The van der Waals surface area contributed by atoms with E-state index in [2.05, 4.69) is 52.2 Å². The molecular formula is C16H13BrN2. The second-order valence-electron chi connectivity index (χ2n) is 4.47. The summed E-state index contributed by atoms with van der Waals surface area (Å²) >= 11 is 3.57. The predicted molar refractivity (Wildman–Crippen MR) is 81.4 cm³/mol. The molecule has 0 saturated carbocycles. The number of para-hydroxylation sites is 1. The van der Waals surface area contributed by atoms with Crippen molar-refractivity contribution in [3.05, 3.63) is 70.8 Å². The fourth-order valence-electron chi connectivity index (χ4n) is 1.97. The topological polar surface area (TPSA) is 17.8 Å². The first kappa shape index (κ1) is 12.2. The average Bonchev–Trinajstić information content (AvgIpc) is 2.83. The Morgan fingerprint density at radius 2 is 1.63 bits per heavy atom. The molecule has 19 heavy (non-hydrogen) atoms. The summed E-state index contributed by atoms with van der Waals surface area (Å²) in [7, 11) is 0. The fraction of sp³-hybridized carbons (Fsp3) is 0.0625. The minimum absolute atomic E-state index is 0.953. The molecule has 0 aliphatic rings. The van der Waals surface area contributed by atoms with Crippen molar-refractivity contribution < 1.29 is 0 Å². The molecule has 3 aromatic rings. The van der Waals surface area contributed by atoms with Crippen molar-refractivity contribution in [2.24, 2.45) is 0 Å². The van der Waals surface area contributed by atoms with E-state index in [0.29, 0.717) is 0 Å². The molecule has 0 fully saturated rings. The molecule has 2 aromatic carbocycles. The molecule has 0 amide bonds. The molecule has 0 spiro atoms. The van der Waals surface area contributed by atoms with Gasteiger partial charge in [-0.3, -0.25) is 0 Å². The van der Waals surface area contributed by atoms with Gasteiger partial charge in [0.25, 0.3) is 0 Å². The van der Waals surface area contributed by atoms with Gasteiger partial charge in [0.1, 0.15) is 4.60 Å². The number of benzene rings is 2. The molecule has 1 aromatic heterocycles. The van der Waals surface area contributed by atoms with E-state index in [1.165, 1.54) is 5.56 Å². The van der Waals surface area contributed by atoms with Crippen LogP contribution in [0.3, 0.4) is 0 Å². The summed E-state index contributed by atoms with van der Waals surface area (Å²) in [5, 5.41) is 4.65. The molecule has 0 radical (unpaired) electrons. The summed E-state index contributed by atoms with van der Waals surface area (Å²) in [6.45, 7) is 2.09. The van der Waals surface area contributed by atoms with Crippen LogP contribution in [0.1, 0.15) is 5.56 Å². The van der Waals surface area contributed by atoms with Crippen LogP contribution in [-0.4, -0.2) is 9.78 Å². The molecular weight excluding hydrogens is 300 g/mol. The lowest BCUT2D eigenvalue weighted by molar-refractivity contribution is 0.864. The van der Waals surface area contributed by atoms with Crippen molar-refractivity contribution >= 4 is 15.9 Å². The zero-order valence-electron chi connectivity index (χ0n) is 10.5. The average molecular weight is 313 g/mol. The van der Waals surface area contributed by atoms with Crippen molar-refractivity contribution in [2.45, 2.75) is 6.92 Å². The third-order valence-electron chi connectivity index (χ3n) is 3.01. The van der Waals surface area contributed by atoms with E-state index in [0.717, 1.165) is 21.5 Å². The van der Waals surface area contributed by atoms with Crippen LogP contribution >= 0.6 is 15.9 Å². The maximum Gasteiger partial charge on any atom is 0.110 e. The van der Waals surface area contributed by atoms with Crippen LogP contribution in [0.4, 0.5) is 0 Å². The summed E-state index contributed by atoms with van der Waals surface area (Å²) in [4.78, 5) is 0. The van der Waals surface area contributed by atoms with E-state index in [4.69, 9.17) is 0 Å². The van der Waals surface area contributed by atoms with Crippen LogP contribution in [0.15, 0.2) is 65.3 Å². The Hall–Kier alpha value is -1.87. The van der Waals surface area contributed by atoms with Gasteiger partial charge in [-0.25, -0.2) is 4.68 Å². The molecule has 0 saturated heterocycles.